The molecule has 1 aromatic rings. The van der Waals surface area contributed by atoms with Crippen molar-refractivity contribution in [3.8, 4) is 0 Å². The molecule has 0 spiro atoms. The standard InChI is InChI=1S/C18H29N3OS/c1-15(16-8-4-3-5-9-16)22-12-7-11-20-18(19-2)21-14-17-10-6-13-23-17/h3-5,8-9,15,17H,6-7,10-14H2,1-2H3,(H2,19,20,21). The fourth-order valence-corrected chi connectivity index (χ4v) is 3.80. The summed E-state index contributed by atoms with van der Waals surface area (Å²) in [4.78, 5) is 4.27. The monoisotopic (exact) mass is 335 g/mol. The summed E-state index contributed by atoms with van der Waals surface area (Å²) in [7, 11) is 1.82. The Morgan fingerprint density at radius 2 is 2.17 bits per heavy atom. The summed E-state index contributed by atoms with van der Waals surface area (Å²) < 4.78 is 5.88. The maximum atomic E-state index is 5.88. The number of aliphatic imine (C=N–C) groups is 1. The quantitative estimate of drug-likeness (QED) is 0.435. The van der Waals surface area contributed by atoms with Gasteiger partial charge in [-0.3, -0.25) is 4.99 Å². The van der Waals surface area contributed by atoms with E-state index in [1.165, 1.54) is 24.2 Å². The van der Waals surface area contributed by atoms with Crippen LogP contribution in [0.25, 0.3) is 0 Å². The minimum Gasteiger partial charge on any atom is -0.374 e. The van der Waals surface area contributed by atoms with Crippen LogP contribution < -0.4 is 10.6 Å². The number of nitrogens with one attached hydrogen (secondary N) is 2. The van der Waals surface area contributed by atoms with E-state index in [1.807, 2.05) is 13.1 Å². The highest BCUT2D eigenvalue weighted by Crippen LogP contribution is 2.25. The van der Waals surface area contributed by atoms with Crippen LogP contribution in [-0.2, 0) is 4.74 Å². The molecule has 1 aliphatic heterocycles. The second kappa shape index (κ2) is 10.6. The number of ether oxygens (including phenoxy) is 1. The van der Waals surface area contributed by atoms with Gasteiger partial charge in [-0.05, 0) is 37.5 Å². The van der Waals surface area contributed by atoms with Crippen LogP contribution in [0.3, 0.4) is 0 Å². The molecule has 1 saturated heterocycles. The second-order valence-electron chi connectivity index (χ2n) is 5.79. The second-order valence-corrected chi connectivity index (χ2v) is 7.20. The number of benzene rings is 1. The maximum absolute atomic E-state index is 5.88. The first-order chi connectivity index (χ1) is 11.3. The van der Waals surface area contributed by atoms with E-state index in [0.717, 1.165) is 37.3 Å². The molecule has 128 valence electrons. The van der Waals surface area contributed by atoms with Gasteiger partial charge in [-0.1, -0.05) is 30.3 Å². The van der Waals surface area contributed by atoms with E-state index in [-0.39, 0.29) is 6.10 Å². The molecule has 2 atom stereocenters. The number of rotatable bonds is 8. The van der Waals surface area contributed by atoms with Crippen molar-refractivity contribution >= 4 is 17.7 Å². The summed E-state index contributed by atoms with van der Waals surface area (Å²) in [6.07, 6.45) is 3.78. The van der Waals surface area contributed by atoms with Crippen molar-refractivity contribution in [1.82, 2.24) is 10.6 Å². The summed E-state index contributed by atoms with van der Waals surface area (Å²) in [5.74, 6) is 2.20. The van der Waals surface area contributed by atoms with Crippen LogP contribution in [0, 0.1) is 0 Å². The van der Waals surface area contributed by atoms with Crippen LogP contribution in [0.15, 0.2) is 35.3 Å². The van der Waals surface area contributed by atoms with E-state index in [4.69, 9.17) is 4.74 Å². The molecule has 0 aromatic heterocycles. The lowest BCUT2D eigenvalue weighted by Crippen LogP contribution is -2.40. The Morgan fingerprint density at radius 3 is 2.87 bits per heavy atom. The van der Waals surface area contributed by atoms with E-state index in [1.54, 1.807) is 0 Å². The van der Waals surface area contributed by atoms with Crippen LogP contribution in [0.4, 0.5) is 0 Å². The Balaban J connectivity index is 1.55. The number of guanidine groups is 1. The van der Waals surface area contributed by atoms with Gasteiger partial charge in [0.1, 0.15) is 0 Å². The normalized spacial score (nSPS) is 19.6. The van der Waals surface area contributed by atoms with E-state index in [2.05, 4.69) is 58.6 Å². The van der Waals surface area contributed by atoms with Crippen LogP contribution >= 0.6 is 11.8 Å². The van der Waals surface area contributed by atoms with Crippen molar-refractivity contribution in [3.05, 3.63) is 35.9 Å². The molecule has 0 saturated carbocycles. The van der Waals surface area contributed by atoms with E-state index < -0.39 is 0 Å². The zero-order valence-corrected chi connectivity index (χ0v) is 15.1. The zero-order chi connectivity index (χ0) is 16.3. The Hall–Kier alpha value is -1.20. The fraction of sp³-hybridized carbons (Fsp3) is 0.611. The molecule has 2 rings (SSSR count). The van der Waals surface area contributed by atoms with E-state index in [0.29, 0.717) is 0 Å². The van der Waals surface area contributed by atoms with Gasteiger partial charge in [-0.25, -0.2) is 0 Å². The third kappa shape index (κ3) is 6.83. The van der Waals surface area contributed by atoms with Gasteiger partial charge in [0.15, 0.2) is 5.96 Å². The van der Waals surface area contributed by atoms with Crippen molar-refractivity contribution in [3.63, 3.8) is 0 Å². The lowest BCUT2D eigenvalue weighted by Gasteiger charge is -2.16. The third-order valence-electron chi connectivity index (χ3n) is 4.00. The Bertz CT molecular complexity index is 461. The molecule has 23 heavy (non-hydrogen) atoms. The molecule has 0 bridgehead atoms. The van der Waals surface area contributed by atoms with Crippen molar-refractivity contribution in [2.45, 2.75) is 37.5 Å². The molecule has 0 aliphatic carbocycles. The highest BCUT2D eigenvalue weighted by Gasteiger charge is 2.15. The third-order valence-corrected chi connectivity index (χ3v) is 5.39. The van der Waals surface area contributed by atoms with Crippen LogP contribution in [-0.4, -0.2) is 43.7 Å². The van der Waals surface area contributed by atoms with Gasteiger partial charge in [-0.2, -0.15) is 11.8 Å². The highest BCUT2D eigenvalue weighted by molar-refractivity contribution is 8.00. The predicted octanol–water partition coefficient (Wildman–Crippen LogP) is 3.21. The minimum atomic E-state index is 0.146. The first kappa shape index (κ1) is 18.1. The summed E-state index contributed by atoms with van der Waals surface area (Å²) in [6.45, 7) is 4.73. The van der Waals surface area contributed by atoms with Gasteiger partial charge in [0.05, 0.1) is 6.10 Å². The molecule has 1 heterocycles. The SMILES string of the molecule is CN=C(NCCCOC(C)c1ccccc1)NCC1CCCS1. The van der Waals surface area contributed by atoms with Crippen molar-refractivity contribution in [2.24, 2.45) is 4.99 Å². The zero-order valence-electron chi connectivity index (χ0n) is 14.3. The van der Waals surface area contributed by atoms with Gasteiger partial charge in [0, 0.05) is 32.0 Å². The fourth-order valence-electron chi connectivity index (χ4n) is 2.60. The molecule has 0 radical (unpaired) electrons. The summed E-state index contributed by atoms with van der Waals surface area (Å²) in [5, 5.41) is 7.51. The minimum absolute atomic E-state index is 0.146. The summed E-state index contributed by atoms with van der Waals surface area (Å²) in [6, 6.07) is 10.3. The van der Waals surface area contributed by atoms with Crippen molar-refractivity contribution in [1.29, 1.82) is 0 Å². The Kier molecular flexibility index (Phi) is 8.32. The van der Waals surface area contributed by atoms with Gasteiger partial charge in [0.2, 0.25) is 0 Å². The topological polar surface area (TPSA) is 45.7 Å². The first-order valence-electron chi connectivity index (χ1n) is 8.52. The molecule has 4 nitrogen and oxygen atoms in total. The number of nitrogens with zero attached hydrogens (tertiary/aromatic N) is 1. The largest absolute Gasteiger partial charge is 0.374 e. The van der Waals surface area contributed by atoms with E-state index >= 15 is 0 Å². The summed E-state index contributed by atoms with van der Waals surface area (Å²) >= 11 is 2.06. The summed E-state index contributed by atoms with van der Waals surface area (Å²) in [5.41, 5.74) is 1.23. The lowest BCUT2D eigenvalue weighted by atomic mass is 10.1. The molecule has 0 amide bonds. The van der Waals surface area contributed by atoms with Crippen molar-refractivity contribution < 1.29 is 4.74 Å². The predicted molar refractivity (Wildman–Crippen MR) is 100 cm³/mol. The van der Waals surface area contributed by atoms with Crippen LogP contribution in [0.5, 0.6) is 0 Å². The Morgan fingerprint density at radius 1 is 1.35 bits per heavy atom. The van der Waals surface area contributed by atoms with Crippen molar-refractivity contribution in [2.75, 3.05) is 32.5 Å². The number of hydrogen-bond donors (Lipinski definition) is 2. The van der Waals surface area contributed by atoms with Gasteiger partial charge in [0.25, 0.3) is 0 Å². The molecular formula is C18H29N3OS. The lowest BCUT2D eigenvalue weighted by molar-refractivity contribution is 0.0646. The molecular weight excluding hydrogens is 306 g/mol. The number of hydrogen-bond acceptors (Lipinski definition) is 3. The molecule has 1 fully saturated rings. The average molecular weight is 336 g/mol. The number of thioether (sulfide) groups is 1. The maximum Gasteiger partial charge on any atom is 0.191 e. The van der Waals surface area contributed by atoms with E-state index in [9.17, 15) is 0 Å². The van der Waals surface area contributed by atoms with Gasteiger partial charge < -0.3 is 15.4 Å². The molecule has 1 aromatic carbocycles. The smallest absolute Gasteiger partial charge is 0.191 e. The Labute approximate surface area is 144 Å². The van der Waals surface area contributed by atoms with Gasteiger partial charge >= 0.3 is 0 Å². The molecule has 2 N–H and O–H groups in total. The van der Waals surface area contributed by atoms with Gasteiger partial charge in [-0.15, -0.1) is 0 Å². The average Bonchev–Trinajstić information content (AvgIpc) is 3.11. The molecule has 2 unspecified atom stereocenters. The molecule has 1 aliphatic rings. The van der Waals surface area contributed by atoms with Crippen LogP contribution in [0.2, 0.25) is 0 Å². The highest BCUT2D eigenvalue weighted by atomic mass is 32.2. The molecule has 5 heteroatoms. The first-order valence-corrected chi connectivity index (χ1v) is 9.57. The van der Waals surface area contributed by atoms with Crippen LogP contribution in [0.1, 0.15) is 37.9 Å².